The van der Waals surface area contributed by atoms with Crippen LogP contribution in [0.4, 0.5) is 0 Å². The highest BCUT2D eigenvalue weighted by atomic mass is 16.5. The summed E-state index contributed by atoms with van der Waals surface area (Å²) in [6.45, 7) is 7.93. The van der Waals surface area contributed by atoms with Gasteiger partial charge in [-0.05, 0) is 33.6 Å². The molecular formula is C16H28O4. The van der Waals surface area contributed by atoms with E-state index in [2.05, 4.69) is 6.92 Å². The maximum absolute atomic E-state index is 11.9. The van der Waals surface area contributed by atoms with Crippen LogP contribution in [-0.2, 0) is 19.1 Å². The molecule has 0 aliphatic rings. The number of unbranched alkanes of at least 4 members (excludes halogenated alkanes) is 4. The van der Waals surface area contributed by atoms with E-state index in [1.54, 1.807) is 20.8 Å². The van der Waals surface area contributed by atoms with Crippen molar-refractivity contribution in [1.82, 2.24) is 0 Å². The fourth-order valence-corrected chi connectivity index (χ4v) is 1.93. The molecule has 0 saturated carbocycles. The van der Waals surface area contributed by atoms with E-state index in [0.717, 1.165) is 19.3 Å². The molecule has 0 amide bonds. The average molecular weight is 284 g/mol. The van der Waals surface area contributed by atoms with Gasteiger partial charge in [-0.15, -0.1) is 0 Å². The first-order valence-corrected chi connectivity index (χ1v) is 7.62. The van der Waals surface area contributed by atoms with Crippen molar-refractivity contribution in [3.8, 4) is 0 Å². The van der Waals surface area contributed by atoms with E-state index in [1.807, 2.05) is 0 Å². The molecule has 20 heavy (non-hydrogen) atoms. The zero-order valence-electron chi connectivity index (χ0n) is 13.3. The molecule has 0 aromatic carbocycles. The van der Waals surface area contributed by atoms with E-state index in [0.29, 0.717) is 30.8 Å². The third kappa shape index (κ3) is 7.31. The predicted molar refractivity (Wildman–Crippen MR) is 79.3 cm³/mol. The van der Waals surface area contributed by atoms with Crippen LogP contribution in [-0.4, -0.2) is 25.2 Å². The van der Waals surface area contributed by atoms with Gasteiger partial charge in [0.2, 0.25) is 0 Å². The molecule has 0 saturated heterocycles. The summed E-state index contributed by atoms with van der Waals surface area (Å²) >= 11 is 0. The first kappa shape index (κ1) is 18.7. The lowest BCUT2D eigenvalue weighted by Gasteiger charge is -2.11. The van der Waals surface area contributed by atoms with Crippen LogP contribution in [0.5, 0.6) is 0 Å². The lowest BCUT2D eigenvalue weighted by molar-refractivity contribution is -0.141. The van der Waals surface area contributed by atoms with Crippen molar-refractivity contribution in [2.24, 2.45) is 0 Å². The first-order chi connectivity index (χ1) is 9.58. The second-order valence-electron chi connectivity index (χ2n) is 4.71. The number of carbonyl (C=O) groups is 2. The molecule has 0 spiro atoms. The molecule has 0 rings (SSSR count). The third-order valence-corrected chi connectivity index (χ3v) is 3.09. The van der Waals surface area contributed by atoms with E-state index < -0.39 is 11.9 Å². The molecule has 0 atom stereocenters. The van der Waals surface area contributed by atoms with Gasteiger partial charge in [0.25, 0.3) is 0 Å². The summed E-state index contributed by atoms with van der Waals surface area (Å²) in [7, 11) is 0. The minimum Gasteiger partial charge on any atom is -0.463 e. The molecule has 0 radical (unpaired) electrons. The normalized spacial score (nSPS) is 11.8. The fourth-order valence-electron chi connectivity index (χ4n) is 1.93. The van der Waals surface area contributed by atoms with Crippen LogP contribution < -0.4 is 0 Å². The summed E-state index contributed by atoms with van der Waals surface area (Å²) in [4.78, 5) is 23.7. The quantitative estimate of drug-likeness (QED) is 0.348. The highest BCUT2D eigenvalue weighted by molar-refractivity contribution is 5.99. The number of hydrogen-bond acceptors (Lipinski definition) is 4. The van der Waals surface area contributed by atoms with Gasteiger partial charge in [-0.25, -0.2) is 9.59 Å². The van der Waals surface area contributed by atoms with Gasteiger partial charge in [0.15, 0.2) is 0 Å². The van der Waals surface area contributed by atoms with E-state index in [9.17, 15) is 9.59 Å². The largest absolute Gasteiger partial charge is 0.463 e. The van der Waals surface area contributed by atoms with Crippen LogP contribution in [0.1, 0.15) is 66.2 Å². The fraction of sp³-hybridized carbons (Fsp3) is 0.750. The number of esters is 2. The molecule has 0 aromatic rings. The van der Waals surface area contributed by atoms with Gasteiger partial charge in [-0.1, -0.05) is 32.6 Å². The number of hydrogen-bond donors (Lipinski definition) is 0. The van der Waals surface area contributed by atoms with Crippen molar-refractivity contribution in [2.45, 2.75) is 66.2 Å². The van der Waals surface area contributed by atoms with Gasteiger partial charge in [0.05, 0.1) is 13.2 Å². The zero-order chi connectivity index (χ0) is 15.4. The van der Waals surface area contributed by atoms with Gasteiger partial charge >= 0.3 is 11.9 Å². The summed E-state index contributed by atoms with van der Waals surface area (Å²) in [5.74, 6) is -0.822. The third-order valence-electron chi connectivity index (χ3n) is 3.09. The summed E-state index contributed by atoms with van der Waals surface area (Å²) in [6.07, 6.45) is 6.08. The van der Waals surface area contributed by atoms with Gasteiger partial charge < -0.3 is 9.47 Å². The van der Waals surface area contributed by atoms with E-state index in [4.69, 9.17) is 9.47 Å². The summed E-state index contributed by atoms with van der Waals surface area (Å²) in [5.41, 5.74) is 0.836. The average Bonchev–Trinajstić information content (AvgIpc) is 2.42. The predicted octanol–water partition coefficient (Wildman–Crippen LogP) is 3.79. The second-order valence-corrected chi connectivity index (χ2v) is 4.71. The molecule has 4 nitrogen and oxygen atoms in total. The Morgan fingerprint density at radius 3 is 1.90 bits per heavy atom. The molecule has 0 aliphatic heterocycles. The van der Waals surface area contributed by atoms with Crippen LogP contribution in [0.25, 0.3) is 0 Å². The minimum atomic E-state index is -0.427. The molecule has 4 heteroatoms. The zero-order valence-corrected chi connectivity index (χ0v) is 13.3. The van der Waals surface area contributed by atoms with Gasteiger partial charge in [-0.2, -0.15) is 0 Å². The Morgan fingerprint density at radius 1 is 0.800 bits per heavy atom. The van der Waals surface area contributed by atoms with E-state index in [1.165, 1.54) is 12.8 Å². The molecule has 0 bridgehead atoms. The Bertz CT molecular complexity index is 331. The molecule has 0 aliphatic carbocycles. The highest BCUT2D eigenvalue weighted by Gasteiger charge is 2.19. The first-order valence-electron chi connectivity index (χ1n) is 7.62. The minimum absolute atomic E-state index is 0.308. The van der Waals surface area contributed by atoms with Crippen LogP contribution in [0, 0.1) is 0 Å². The van der Waals surface area contributed by atoms with Crippen LogP contribution in [0.2, 0.25) is 0 Å². The topological polar surface area (TPSA) is 52.6 Å². The number of carbonyl (C=O) groups excluding carboxylic acids is 2. The monoisotopic (exact) mass is 284 g/mol. The lowest BCUT2D eigenvalue weighted by atomic mass is 10.0. The van der Waals surface area contributed by atoms with E-state index >= 15 is 0 Å². The standard InChI is InChI=1S/C16H28O4/c1-5-8-9-10-11-12-14(16(18)20-7-3)13(4)15(17)19-6-2/h5-12H2,1-4H3/b14-13-. The SMILES string of the molecule is CCCCCCC/C(C(=O)OCC)=C(\C)C(=O)OCC. The smallest absolute Gasteiger partial charge is 0.334 e. The van der Waals surface area contributed by atoms with Crippen molar-refractivity contribution in [3.05, 3.63) is 11.1 Å². The second kappa shape index (κ2) is 11.5. The van der Waals surface area contributed by atoms with Crippen molar-refractivity contribution in [2.75, 3.05) is 13.2 Å². The Balaban J connectivity index is 4.67. The maximum atomic E-state index is 11.9. The van der Waals surface area contributed by atoms with Gasteiger partial charge in [-0.3, -0.25) is 0 Å². The molecule has 116 valence electrons. The molecule has 0 aromatic heterocycles. The Hall–Kier alpha value is -1.32. The lowest BCUT2D eigenvalue weighted by Crippen LogP contribution is -2.15. The molecule has 0 heterocycles. The highest BCUT2D eigenvalue weighted by Crippen LogP contribution is 2.17. The van der Waals surface area contributed by atoms with Crippen LogP contribution in [0.3, 0.4) is 0 Å². The van der Waals surface area contributed by atoms with Crippen molar-refractivity contribution in [3.63, 3.8) is 0 Å². The van der Waals surface area contributed by atoms with Crippen LogP contribution in [0.15, 0.2) is 11.1 Å². The van der Waals surface area contributed by atoms with Crippen molar-refractivity contribution < 1.29 is 19.1 Å². The van der Waals surface area contributed by atoms with Crippen molar-refractivity contribution in [1.29, 1.82) is 0 Å². The Morgan fingerprint density at radius 2 is 1.35 bits per heavy atom. The van der Waals surface area contributed by atoms with Crippen molar-refractivity contribution >= 4 is 11.9 Å². The number of ether oxygens (including phenoxy) is 2. The summed E-state index contributed by atoms with van der Waals surface area (Å²) in [5, 5.41) is 0. The van der Waals surface area contributed by atoms with Gasteiger partial charge in [0.1, 0.15) is 0 Å². The Kier molecular flexibility index (Phi) is 10.7. The Labute approximate surface area is 122 Å². The van der Waals surface area contributed by atoms with E-state index in [-0.39, 0.29) is 0 Å². The molecular weight excluding hydrogens is 256 g/mol. The summed E-state index contributed by atoms with van der Waals surface area (Å²) in [6, 6.07) is 0. The molecule has 0 fully saturated rings. The van der Waals surface area contributed by atoms with Gasteiger partial charge in [0, 0.05) is 11.1 Å². The number of rotatable bonds is 10. The maximum Gasteiger partial charge on any atom is 0.334 e. The molecule has 0 unspecified atom stereocenters. The molecule has 0 N–H and O–H groups in total. The van der Waals surface area contributed by atoms with Crippen LogP contribution >= 0.6 is 0 Å². The summed E-state index contributed by atoms with van der Waals surface area (Å²) < 4.78 is 9.98.